The molecule has 0 aromatic heterocycles. The van der Waals surface area contributed by atoms with Crippen LogP contribution in [-0.4, -0.2) is 6.26 Å². The number of thioether (sulfide) groups is 1. The van der Waals surface area contributed by atoms with Gasteiger partial charge in [-0.05, 0) is 34.8 Å². The maximum atomic E-state index is 3.83. The van der Waals surface area contributed by atoms with E-state index in [0.29, 0.717) is 0 Å². The van der Waals surface area contributed by atoms with Gasteiger partial charge in [0, 0.05) is 0 Å². The minimum atomic E-state index is 1.16. The van der Waals surface area contributed by atoms with Crippen molar-refractivity contribution >= 4 is 17.3 Å². The van der Waals surface area contributed by atoms with E-state index in [9.17, 15) is 0 Å². The zero-order chi connectivity index (χ0) is 11.1. The van der Waals surface area contributed by atoms with Gasteiger partial charge in [-0.3, -0.25) is 0 Å². The number of rotatable bonds is 5. The molecule has 0 N–H and O–H groups in total. The molecule has 0 aliphatic rings. The molecule has 0 saturated heterocycles. The highest BCUT2D eigenvalue weighted by molar-refractivity contribution is 8.01. The molecule has 0 amide bonds. The van der Waals surface area contributed by atoms with Crippen molar-refractivity contribution in [2.45, 2.75) is 19.8 Å². The molecule has 0 atom stereocenters. The van der Waals surface area contributed by atoms with Gasteiger partial charge in [0.05, 0.1) is 0 Å². The first-order chi connectivity index (χ1) is 7.31. The Labute approximate surface area is 97.1 Å². The second-order valence-electron chi connectivity index (χ2n) is 3.46. The number of allylic oxidation sites excluding steroid dienone is 2. The van der Waals surface area contributed by atoms with E-state index in [1.165, 1.54) is 23.1 Å². The van der Waals surface area contributed by atoms with Gasteiger partial charge in [0.15, 0.2) is 0 Å². The van der Waals surface area contributed by atoms with Crippen LogP contribution in [0.5, 0.6) is 0 Å². The number of hydrogen-bond donors (Lipinski definition) is 0. The molecule has 0 unspecified atom stereocenters. The predicted octanol–water partition coefficient (Wildman–Crippen LogP) is 4.53. The molecule has 0 aliphatic heterocycles. The van der Waals surface area contributed by atoms with E-state index in [2.05, 4.69) is 49.4 Å². The van der Waals surface area contributed by atoms with E-state index in [4.69, 9.17) is 0 Å². The summed E-state index contributed by atoms with van der Waals surface area (Å²) in [7, 11) is 0. The Hall–Kier alpha value is -0.950. The molecular formula is C14H18S. The fraction of sp³-hybridized carbons (Fsp3) is 0.286. The molecule has 1 aromatic rings. The standard InChI is InChI=1S/C14H18S/c1-4-6-12-7-9-14(10-8-12)13(5-2)11-15-3/h5,7-11H,2,4,6H2,1,3H3/b13-11+. The monoisotopic (exact) mass is 218 g/mol. The van der Waals surface area contributed by atoms with Gasteiger partial charge in [0.2, 0.25) is 0 Å². The summed E-state index contributed by atoms with van der Waals surface area (Å²) in [5, 5.41) is 2.13. The number of benzene rings is 1. The molecule has 80 valence electrons. The first-order valence-corrected chi connectivity index (χ1v) is 6.55. The largest absolute Gasteiger partial charge is 0.137 e. The number of aryl methyl sites for hydroxylation is 1. The molecule has 0 heterocycles. The highest BCUT2D eigenvalue weighted by atomic mass is 32.2. The maximum absolute atomic E-state index is 3.83. The SMILES string of the molecule is C=C/C(=C\SC)c1ccc(CCC)cc1. The third kappa shape index (κ3) is 3.60. The average molecular weight is 218 g/mol. The van der Waals surface area contributed by atoms with Gasteiger partial charge in [-0.2, -0.15) is 0 Å². The zero-order valence-electron chi connectivity index (χ0n) is 9.49. The van der Waals surface area contributed by atoms with Gasteiger partial charge in [-0.25, -0.2) is 0 Å². The molecule has 0 saturated carbocycles. The maximum Gasteiger partial charge on any atom is -0.0127 e. The van der Waals surface area contributed by atoms with Crippen LogP contribution in [0, 0.1) is 0 Å². The Kier molecular flexibility index (Phi) is 5.27. The van der Waals surface area contributed by atoms with Gasteiger partial charge in [-0.1, -0.05) is 50.3 Å². The van der Waals surface area contributed by atoms with E-state index < -0.39 is 0 Å². The molecule has 1 rings (SSSR count). The van der Waals surface area contributed by atoms with Crippen molar-refractivity contribution in [1.82, 2.24) is 0 Å². The molecule has 0 spiro atoms. The Morgan fingerprint density at radius 3 is 2.47 bits per heavy atom. The Morgan fingerprint density at radius 2 is 2.00 bits per heavy atom. The smallest absolute Gasteiger partial charge is 0.0127 e. The zero-order valence-corrected chi connectivity index (χ0v) is 10.3. The van der Waals surface area contributed by atoms with Crippen molar-refractivity contribution in [2.24, 2.45) is 0 Å². The summed E-state index contributed by atoms with van der Waals surface area (Å²) in [5.74, 6) is 0. The molecule has 0 aliphatic carbocycles. The van der Waals surface area contributed by atoms with E-state index in [1.807, 2.05) is 6.08 Å². The summed E-state index contributed by atoms with van der Waals surface area (Å²) >= 11 is 1.71. The van der Waals surface area contributed by atoms with E-state index in [-0.39, 0.29) is 0 Å². The third-order valence-electron chi connectivity index (χ3n) is 2.29. The highest BCUT2D eigenvalue weighted by Crippen LogP contribution is 2.19. The lowest BCUT2D eigenvalue weighted by Gasteiger charge is -2.04. The lowest BCUT2D eigenvalue weighted by molar-refractivity contribution is 0.922. The van der Waals surface area contributed by atoms with Crippen molar-refractivity contribution < 1.29 is 0 Å². The van der Waals surface area contributed by atoms with Crippen LogP contribution in [0.1, 0.15) is 24.5 Å². The molecular weight excluding hydrogens is 200 g/mol. The summed E-state index contributed by atoms with van der Waals surface area (Å²) < 4.78 is 0. The second-order valence-corrected chi connectivity index (χ2v) is 4.17. The van der Waals surface area contributed by atoms with Crippen molar-refractivity contribution in [3.63, 3.8) is 0 Å². The van der Waals surface area contributed by atoms with Crippen LogP contribution in [0.25, 0.3) is 5.57 Å². The van der Waals surface area contributed by atoms with E-state index in [1.54, 1.807) is 11.8 Å². The molecule has 0 nitrogen and oxygen atoms in total. The molecule has 15 heavy (non-hydrogen) atoms. The minimum Gasteiger partial charge on any atom is -0.137 e. The van der Waals surface area contributed by atoms with Crippen molar-refractivity contribution in [3.8, 4) is 0 Å². The Morgan fingerprint density at radius 1 is 1.33 bits per heavy atom. The summed E-state index contributed by atoms with van der Waals surface area (Å²) in [6.07, 6.45) is 6.34. The quantitative estimate of drug-likeness (QED) is 0.654. The van der Waals surface area contributed by atoms with Crippen LogP contribution < -0.4 is 0 Å². The topological polar surface area (TPSA) is 0 Å². The summed E-state index contributed by atoms with van der Waals surface area (Å²) in [5.41, 5.74) is 3.86. The van der Waals surface area contributed by atoms with Crippen LogP contribution in [0.4, 0.5) is 0 Å². The number of hydrogen-bond acceptors (Lipinski definition) is 1. The van der Waals surface area contributed by atoms with E-state index in [0.717, 1.165) is 6.42 Å². The fourth-order valence-corrected chi connectivity index (χ4v) is 2.00. The first-order valence-electron chi connectivity index (χ1n) is 5.26. The molecule has 0 fully saturated rings. The average Bonchev–Trinajstić information content (AvgIpc) is 2.28. The van der Waals surface area contributed by atoms with Crippen LogP contribution in [0.3, 0.4) is 0 Å². The summed E-state index contributed by atoms with van der Waals surface area (Å²) in [6.45, 7) is 6.04. The normalized spacial score (nSPS) is 11.5. The molecule has 0 bridgehead atoms. The van der Waals surface area contributed by atoms with Crippen molar-refractivity contribution in [1.29, 1.82) is 0 Å². The van der Waals surface area contributed by atoms with Crippen LogP contribution >= 0.6 is 11.8 Å². The van der Waals surface area contributed by atoms with Crippen LogP contribution in [0.2, 0.25) is 0 Å². The van der Waals surface area contributed by atoms with Gasteiger partial charge < -0.3 is 0 Å². The summed E-state index contributed by atoms with van der Waals surface area (Å²) in [4.78, 5) is 0. The highest BCUT2D eigenvalue weighted by Gasteiger charge is 1.97. The van der Waals surface area contributed by atoms with Gasteiger partial charge in [-0.15, -0.1) is 11.8 Å². The predicted molar refractivity (Wildman–Crippen MR) is 72.1 cm³/mol. The van der Waals surface area contributed by atoms with Gasteiger partial charge in [0.25, 0.3) is 0 Å². The van der Waals surface area contributed by atoms with Crippen LogP contribution in [-0.2, 0) is 6.42 Å². The fourth-order valence-electron chi connectivity index (χ4n) is 1.51. The summed E-state index contributed by atoms with van der Waals surface area (Å²) in [6, 6.07) is 8.76. The second kappa shape index (κ2) is 6.52. The lowest BCUT2D eigenvalue weighted by atomic mass is 10.0. The lowest BCUT2D eigenvalue weighted by Crippen LogP contribution is -1.85. The Bertz CT molecular complexity index is 333. The van der Waals surface area contributed by atoms with Crippen molar-refractivity contribution in [2.75, 3.05) is 6.26 Å². The van der Waals surface area contributed by atoms with E-state index >= 15 is 0 Å². The first kappa shape index (κ1) is 12.1. The van der Waals surface area contributed by atoms with Gasteiger partial charge >= 0.3 is 0 Å². The minimum absolute atomic E-state index is 1.16. The Balaban J connectivity index is 2.87. The molecule has 0 radical (unpaired) electrons. The third-order valence-corrected chi connectivity index (χ3v) is 2.78. The molecule has 1 heteroatoms. The molecule has 1 aromatic carbocycles. The van der Waals surface area contributed by atoms with Crippen molar-refractivity contribution in [3.05, 3.63) is 53.5 Å². The van der Waals surface area contributed by atoms with Crippen LogP contribution in [0.15, 0.2) is 42.3 Å². The van der Waals surface area contributed by atoms with Gasteiger partial charge in [0.1, 0.15) is 0 Å².